The quantitative estimate of drug-likeness (QED) is 0.493. The molecular weight excluding hydrogens is 386 g/mol. The summed E-state index contributed by atoms with van der Waals surface area (Å²) in [5, 5.41) is 2.99. The highest BCUT2D eigenvalue weighted by Crippen LogP contribution is 2.59. The number of aldehydes is 1. The molecule has 1 amide bonds. The first-order valence-electron chi connectivity index (χ1n) is 10.7. The summed E-state index contributed by atoms with van der Waals surface area (Å²) in [4.78, 5) is 35.0. The number of carbonyl (C=O) groups is 3. The van der Waals surface area contributed by atoms with E-state index in [1.165, 1.54) is 51.7 Å². The molecule has 7 heteroatoms. The van der Waals surface area contributed by atoms with Crippen molar-refractivity contribution in [1.82, 2.24) is 5.32 Å². The number of amides is 1. The van der Waals surface area contributed by atoms with Crippen LogP contribution in [0.5, 0.6) is 11.5 Å². The molecule has 0 unspecified atom stereocenters. The van der Waals surface area contributed by atoms with E-state index in [4.69, 9.17) is 14.2 Å². The van der Waals surface area contributed by atoms with Gasteiger partial charge < -0.3 is 19.5 Å². The van der Waals surface area contributed by atoms with E-state index in [1.54, 1.807) is 12.1 Å². The Bertz CT molecular complexity index is 785. The van der Waals surface area contributed by atoms with E-state index in [2.05, 4.69) is 5.32 Å². The summed E-state index contributed by atoms with van der Waals surface area (Å²) in [6.45, 7) is 0.0263. The smallest absolute Gasteiger partial charge is 0.344 e. The van der Waals surface area contributed by atoms with Crippen molar-refractivity contribution in [2.24, 2.45) is 23.2 Å². The maximum atomic E-state index is 12.2. The van der Waals surface area contributed by atoms with E-state index >= 15 is 0 Å². The van der Waals surface area contributed by atoms with Crippen LogP contribution in [0.1, 0.15) is 48.9 Å². The normalized spacial score (nSPS) is 28.6. The van der Waals surface area contributed by atoms with Gasteiger partial charge >= 0.3 is 5.97 Å². The second-order valence-electron chi connectivity index (χ2n) is 9.17. The number of carbonyl (C=O) groups excluding carboxylic acids is 3. The Morgan fingerprint density at radius 2 is 1.73 bits per heavy atom. The second-order valence-corrected chi connectivity index (χ2v) is 9.17. The molecule has 4 aliphatic carbocycles. The molecule has 0 aromatic heterocycles. The molecule has 5 rings (SSSR count). The lowest BCUT2D eigenvalue weighted by molar-refractivity contribution is -0.150. The fraction of sp³-hybridized carbons (Fsp3) is 0.609. The van der Waals surface area contributed by atoms with Gasteiger partial charge in [-0.15, -0.1) is 0 Å². The number of hydrogen-bond acceptors (Lipinski definition) is 6. The van der Waals surface area contributed by atoms with Crippen LogP contribution in [-0.4, -0.2) is 45.0 Å². The van der Waals surface area contributed by atoms with E-state index in [9.17, 15) is 14.4 Å². The Hall–Kier alpha value is -2.57. The molecule has 0 saturated heterocycles. The molecule has 4 aliphatic rings. The standard InChI is InChI=1S/C23H29NO6/c1-28-20-7-15(11-25)2-3-19(20)29-13-22(27)30-12-21(26)24-14-23-8-16-4-17(9-23)6-18(5-16)10-23/h2-3,7,11,16-18H,4-6,8-10,12-14H2,1H3,(H,24,26). The van der Waals surface area contributed by atoms with Gasteiger partial charge in [0.25, 0.3) is 5.91 Å². The highest BCUT2D eigenvalue weighted by molar-refractivity contribution is 5.81. The molecule has 1 aromatic rings. The van der Waals surface area contributed by atoms with Crippen LogP contribution < -0.4 is 14.8 Å². The lowest BCUT2D eigenvalue weighted by Crippen LogP contribution is -2.51. The summed E-state index contributed by atoms with van der Waals surface area (Å²) in [6, 6.07) is 4.63. The van der Waals surface area contributed by atoms with Gasteiger partial charge in [0, 0.05) is 12.1 Å². The van der Waals surface area contributed by atoms with E-state index in [0.29, 0.717) is 29.9 Å². The lowest BCUT2D eigenvalue weighted by atomic mass is 9.49. The average molecular weight is 415 g/mol. The summed E-state index contributed by atoms with van der Waals surface area (Å²) in [5.74, 6) is 2.27. The van der Waals surface area contributed by atoms with Crippen LogP contribution >= 0.6 is 0 Å². The zero-order valence-corrected chi connectivity index (χ0v) is 17.4. The third-order valence-corrected chi connectivity index (χ3v) is 6.86. The number of ether oxygens (including phenoxy) is 3. The van der Waals surface area contributed by atoms with Crippen molar-refractivity contribution in [1.29, 1.82) is 0 Å². The fourth-order valence-corrected chi connectivity index (χ4v) is 6.04. The Morgan fingerprint density at radius 3 is 2.33 bits per heavy atom. The monoisotopic (exact) mass is 415 g/mol. The first-order chi connectivity index (χ1) is 14.5. The second kappa shape index (κ2) is 8.66. The summed E-state index contributed by atoms with van der Waals surface area (Å²) < 4.78 is 15.6. The van der Waals surface area contributed by atoms with Crippen LogP contribution in [0.15, 0.2) is 18.2 Å². The summed E-state index contributed by atoms with van der Waals surface area (Å²) >= 11 is 0. The van der Waals surface area contributed by atoms with E-state index < -0.39 is 5.97 Å². The molecule has 7 nitrogen and oxygen atoms in total. The van der Waals surface area contributed by atoms with E-state index in [1.807, 2.05) is 0 Å². The minimum atomic E-state index is -0.638. The number of nitrogens with one attached hydrogen (secondary N) is 1. The van der Waals surface area contributed by atoms with Crippen LogP contribution in [0.25, 0.3) is 0 Å². The van der Waals surface area contributed by atoms with Crippen LogP contribution in [0.2, 0.25) is 0 Å². The van der Waals surface area contributed by atoms with E-state index in [0.717, 1.165) is 17.8 Å². The van der Waals surface area contributed by atoms with Crippen molar-refractivity contribution in [2.45, 2.75) is 38.5 Å². The maximum absolute atomic E-state index is 12.2. The SMILES string of the molecule is COc1cc(C=O)ccc1OCC(=O)OCC(=O)NCC12CC3CC(CC(C3)C1)C2. The molecule has 4 saturated carbocycles. The molecule has 30 heavy (non-hydrogen) atoms. The highest BCUT2D eigenvalue weighted by Gasteiger charge is 2.50. The van der Waals surface area contributed by atoms with Gasteiger partial charge in [0.2, 0.25) is 0 Å². The molecule has 162 valence electrons. The van der Waals surface area contributed by atoms with Gasteiger partial charge in [-0.25, -0.2) is 4.79 Å². The fourth-order valence-electron chi connectivity index (χ4n) is 6.04. The number of esters is 1. The van der Waals surface area contributed by atoms with Crippen LogP contribution in [0.4, 0.5) is 0 Å². The zero-order valence-electron chi connectivity index (χ0n) is 17.4. The van der Waals surface area contributed by atoms with Gasteiger partial charge in [-0.2, -0.15) is 0 Å². The van der Waals surface area contributed by atoms with Crippen molar-refractivity contribution in [2.75, 3.05) is 26.9 Å². The highest BCUT2D eigenvalue weighted by atomic mass is 16.6. The van der Waals surface area contributed by atoms with Gasteiger partial charge in [-0.05, 0) is 79.9 Å². The predicted octanol–water partition coefficient (Wildman–Crippen LogP) is 2.76. The molecule has 0 aliphatic heterocycles. The van der Waals surface area contributed by atoms with Gasteiger partial charge in [-0.1, -0.05) is 0 Å². The molecule has 0 atom stereocenters. The first kappa shape index (κ1) is 20.7. The number of benzene rings is 1. The van der Waals surface area contributed by atoms with Crippen molar-refractivity contribution < 1.29 is 28.6 Å². The molecule has 4 bridgehead atoms. The lowest BCUT2D eigenvalue weighted by Gasteiger charge is -2.56. The van der Waals surface area contributed by atoms with Crippen molar-refractivity contribution in [3.63, 3.8) is 0 Å². The van der Waals surface area contributed by atoms with Gasteiger partial charge in [0.15, 0.2) is 24.7 Å². The number of rotatable bonds is 9. The minimum absolute atomic E-state index is 0.252. The van der Waals surface area contributed by atoms with Crippen molar-refractivity contribution >= 4 is 18.2 Å². The Morgan fingerprint density at radius 1 is 1.07 bits per heavy atom. The maximum Gasteiger partial charge on any atom is 0.344 e. The molecular formula is C23H29NO6. The van der Waals surface area contributed by atoms with E-state index in [-0.39, 0.29) is 24.5 Å². The average Bonchev–Trinajstić information content (AvgIpc) is 2.73. The third-order valence-electron chi connectivity index (χ3n) is 6.86. The first-order valence-corrected chi connectivity index (χ1v) is 10.7. The van der Waals surface area contributed by atoms with Gasteiger partial charge in [-0.3, -0.25) is 9.59 Å². The third kappa shape index (κ3) is 4.60. The molecule has 4 fully saturated rings. The molecule has 0 spiro atoms. The molecule has 1 aromatic carbocycles. The van der Waals surface area contributed by atoms with Gasteiger partial charge in [0.1, 0.15) is 6.29 Å². The summed E-state index contributed by atoms with van der Waals surface area (Å²) in [5.41, 5.74) is 0.694. The Labute approximate surface area is 176 Å². The van der Waals surface area contributed by atoms with Crippen LogP contribution in [0, 0.1) is 23.2 Å². The topological polar surface area (TPSA) is 90.9 Å². The molecule has 1 N–H and O–H groups in total. The van der Waals surface area contributed by atoms with Crippen molar-refractivity contribution in [3.8, 4) is 11.5 Å². The van der Waals surface area contributed by atoms with Crippen LogP contribution in [-0.2, 0) is 14.3 Å². The zero-order chi connectivity index (χ0) is 21.1. The van der Waals surface area contributed by atoms with Crippen LogP contribution in [0.3, 0.4) is 0 Å². The Kier molecular flexibility index (Phi) is 5.97. The summed E-state index contributed by atoms with van der Waals surface area (Å²) in [6.07, 6.45) is 8.46. The number of hydrogen-bond donors (Lipinski definition) is 1. The summed E-state index contributed by atoms with van der Waals surface area (Å²) in [7, 11) is 1.45. The van der Waals surface area contributed by atoms with Gasteiger partial charge in [0.05, 0.1) is 7.11 Å². The largest absolute Gasteiger partial charge is 0.493 e. The molecule has 0 radical (unpaired) electrons. The number of methoxy groups -OCH3 is 1. The molecule has 0 heterocycles. The van der Waals surface area contributed by atoms with Crippen molar-refractivity contribution in [3.05, 3.63) is 23.8 Å². The minimum Gasteiger partial charge on any atom is -0.493 e. The predicted molar refractivity (Wildman–Crippen MR) is 108 cm³/mol. The Balaban J connectivity index is 1.19.